The first-order valence-electron chi connectivity index (χ1n) is 12.7. The van der Waals surface area contributed by atoms with Crippen LogP contribution in [-0.4, -0.2) is 44.3 Å². The monoisotopic (exact) mass is 508 g/mol. The normalized spacial score (nSPS) is 16.4. The molecule has 0 spiro atoms. The summed E-state index contributed by atoms with van der Waals surface area (Å²) in [6.07, 6.45) is 2.20. The summed E-state index contributed by atoms with van der Waals surface area (Å²) in [5.41, 5.74) is 4.57. The maximum Gasteiger partial charge on any atom is 0.170 e. The van der Waals surface area contributed by atoms with Crippen molar-refractivity contribution in [2.75, 3.05) is 27.9 Å². The summed E-state index contributed by atoms with van der Waals surface area (Å²) in [7, 11) is 4.73. The highest BCUT2D eigenvalue weighted by atomic mass is 16.6. The van der Waals surface area contributed by atoms with Gasteiger partial charge in [-0.2, -0.15) is 0 Å². The van der Waals surface area contributed by atoms with Crippen LogP contribution in [0.4, 0.5) is 0 Å². The summed E-state index contributed by atoms with van der Waals surface area (Å²) < 4.78 is 30.1. The second kappa shape index (κ2) is 11.6. The molecule has 3 aromatic rings. The van der Waals surface area contributed by atoms with E-state index in [1.54, 1.807) is 32.4 Å². The lowest BCUT2D eigenvalue weighted by molar-refractivity contribution is 0.0108. The Morgan fingerprint density at radius 1 is 0.730 bits per heavy atom. The van der Waals surface area contributed by atoms with Gasteiger partial charge in [0.25, 0.3) is 0 Å². The number of methoxy groups -OCH3 is 3. The standard InChI is InChI=1S/C30H36O7/c1-6-8-18-12-21-22-13-19(9-7-2)15-26(35-5)30(22)37-28(20-10-11-23(32)24(16-20)33-3)27(17-31)36-29(21)25(14-18)34-4/h10-16,27-28,31-32H,6-9,17H2,1-5H3/t27-,28+/m0/s1. The van der Waals surface area contributed by atoms with Crippen molar-refractivity contribution < 1.29 is 33.9 Å². The van der Waals surface area contributed by atoms with Crippen molar-refractivity contribution >= 4 is 0 Å². The fourth-order valence-electron chi connectivity index (χ4n) is 4.83. The van der Waals surface area contributed by atoms with Crippen molar-refractivity contribution in [3.63, 3.8) is 0 Å². The second-order valence-corrected chi connectivity index (χ2v) is 9.16. The number of ether oxygens (including phenoxy) is 5. The molecule has 0 aliphatic carbocycles. The van der Waals surface area contributed by atoms with Crippen LogP contribution in [0.25, 0.3) is 11.1 Å². The molecule has 37 heavy (non-hydrogen) atoms. The Morgan fingerprint density at radius 2 is 1.27 bits per heavy atom. The minimum absolute atomic E-state index is 0.0104. The van der Waals surface area contributed by atoms with E-state index in [2.05, 4.69) is 26.0 Å². The highest BCUT2D eigenvalue weighted by Gasteiger charge is 2.35. The van der Waals surface area contributed by atoms with Gasteiger partial charge in [0.1, 0.15) is 0 Å². The van der Waals surface area contributed by atoms with Crippen LogP contribution < -0.4 is 23.7 Å². The third-order valence-electron chi connectivity index (χ3n) is 6.60. The van der Waals surface area contributed by atoms with Gasteiger partial charge in [-0.25, -0.2) is 0 Å². The Morgan fingerprint density at radius 3 is 1.76 bits per heavy atom. The number of aliphatic hydroxyl groups is 1. The Balaban J connectivity index is 2.01. The number of fused-ring (bicyclic) bond motifs is 3. The lowest BCUT2D eigenvalue weighted by Gasteiger charge is -2.33. The molecule has 1 aliphatic rings. The summed E-state index contributed by atoms with van der Waals surface area (Å²) in [6, 6.07) is 13.2. The number of benzene rings is 3. The highest BCUT2D eigenvalue weighted by molar-refractivity contribution is 5.82. The maximum atomic E-state index is 10.5. The Bertz CT molecular complexity index is 1240. The third kappa shape index (κ3) is 5.27. The molecule has 0 fully saturated rings. The maximum absolute atomic E-state index is 10.5. The summed E-state index contributed by atoms with van der Waals surface area (Å²) >= 11 is 0. The van der Waals surface area contributed by atoms with E-state index >= 15 is 0 Å². The van der Waals surface area contributed by atoms with Gasteiger partial charge in [-0.15, -0.1) is 0 Å². The molecule has 7 heteroatoms. The molecule has 1 aliphatic heterocycles. The zero-order valence-electron chi connectivity index (χ0n) is 22.2. The molecule has 0 bridgehead atoms. The Kier molecular flexibility index (Phi) is 8.34. The van der Waals surface area contributed by atoms with E-state index in [-0.39, 0.29) is 12.4 Å². The smallest absolute Gasteiger partial charge is 0.170 e. The van der Waals surface area contributed by atoms with Crippen LogP contribution in [0.15, 0.2) is 42.5 Å². The van der Waals surface area contributed by atoms with E-state index in [9.17, 15) is 10.2 Å². The first-order valence-corrected chi connectivity index (χ1v) is 12.7. The summed E-state index contributed by atoms with van der Waals surface area (Å²) in [4.78, 5) is 0. The Labute approximate surface area is 218 Å². The summed E-state index contributed by atoms with van der Waals surface area (Å²) in [5, 5.41) is 20.6. The molecular weight excluding hydrogens is 472 g/mol. The van der Waals surface area contributed by atoms with Crippen LogP contribution in [-0.2, 0) is 12.8 Å². The molecule has 0 radical (unpaired) electrons. The van der Waals surface area contributed by atoms with Gasteiger partial charge < -0.3 is 33.9 Å². The van der Waals surface area contributed by atoms with Crippen molar-refractivity contribution in [2.24, 2.45) is 0 Å². The molecule has 0 aromatic heterocycles. The van der Waals surface area contributed by atoms with Gasteiger partial charge in [0.2, 0.25) is 0 Å². The molecule has 2 atom stereocenters. The lowest BCUT2D eigenvalue weighted by Crippen LogP contribution is -2.34. The van der Waals surface area contributed by atoms with Gasteiger partial charge in [-0.3, -0.25) is 0 Å². The van der Waals surface area contributed by atoms with Crippen molar-refractivity contribution in [3.05, 3.63) is 59.2 Å². The first-order chi connectivity index (χ1) is 18.0. The molecule has 1 heterocycles. The fourth-order valence-corrected chi connectivity index (χ4v) is 4.83. The number of aliphatic hydroxyl groups excluding tert-OH is 1. The predicted octanol–water partition coefficient (Wildman–Crippen LogP) is 5.86. The van der Waals surface area contributed by atoms with Gasteiger partial charge in [0.15, 0.2) is 46.7 Å². The average molecular weight is 509 g/mol. The fraction of sp³-hybridized carbons (Fsp3) is 0.400. The molecule has 198 valence electrons. The van der Waals surface area contributed by atoms with Gasteiger partial charge in [0.05, 0.1) is 27.9 Å². The van der Waals surface area contributed by atoms with Crippen molar-refractivity contribution in [1.82, 2.24) is 0 Å². The van der Waals surface area contributed by atoms with Crippen LogP contribution in [0.5, 0.6) is 34.5 Å². The number of phenolic OH excluding ortho intramolecular Hbond substituents is 1. The quantitative estimate of drug-likeness (QED) is 0.374. The van der Waals surface area contributed by atoms with E-state index in [4.69, 9.17) is 23.7 Å². The van der Waals surface area contributed by atoms with Crippen LogP contribution in [0.2, 0.25) is 0 Å². The molecule has 4 rings (SSSR count). The molecular formula is C30H36O7. The molecule has 7 nitrogen and oxygen atoms in total. The first kappa shape index (κ1) is 26.5. The van der Waals surface area contributed by atoms with Gasteiger partial charge in [-0.1, -0.05) is 32.8 Å². The Hall–Kier alpha value is -3.58. The number of hydrogen-bond donors (Lipinski definition) is 2. The van der Waals surface area contributed by atoms with Gasteiger partial charge >= 0.3 is 0 Å². The van der Waals surface area contributed by atoms with E-state index in [0.29, 0.717) is 34.3 Å². The van der Waals surface area contributed by atoms with Crippen LogP contribution in [0.1, 0.15) is 49.5 Å². The highest BCUT2D eigenvalue weighted by Crippen LogP contribution is 2.51. The largest absolute Gasteiger partial charge is 0.504 e. The number of phenols is 1. The number of aryl methyl sites for hydroxylation is 2. The number of rotatable bonds is 9. The molecule has 0 amide bonds. The SMILES string of the molecule is CCCc1cc(OC)c2c(c1)-c1cc(CCC)cc(OC)c1O[C@H](c1ccc(O)c(OC)c1)[C@H](CO)O2. The number of aromatic hydroxyl groups is 1. The molecule has 3 aromatic carbocycles. The zero-order chi connectivity index (χ0) is 26.5. The number of hydrogen-bond acceptors (Lipinski definition) is 7. The second-order valence-electron chi connectivity index (χ2n) is 9.16. The minimum atomic E-state index is -0.785. The minimum Gasteiger partial charge on any atom is -0.504 e. The topological polar surface area (TPSA) is 86.6 Å². The van der Waals surface area contributed by atoms with Crippen molar-refractivity contribution in [3.8, 4) is 45.6 Å². The predicted molar refractivity (Wildman–Crippen MR) is 143 cm³/mol. The van der Waals surface area contributed by atoms with Crippen molar-refractivity contribution in [1.29, 1.82) is 0 Å². The van der Waals surface area contributed by atoms with E-state index in [1.807, 2.05) is 12.1 Å². The molecule has 0 unspecified atom stereocenters. The van der Waals surface area contributed by atoms with Gasteiger partial charge in [-0.05, 0) is 60.4 Å². The zero-order valence-corrected chi connectivity index (χ0v) is 22.2. The molecule has 0 saturated carbocycles. The van der Waals surface area contributed by atoms with Crippen LogP contribution >= 0.6 is 0 Å². The van der Waals surface area contributed by atoms with E-state index < -0.39 is 12.2 Å². The molecule has 0 saturated heterocycles. The van der Waals surface area contributed by atoms with E-state index in [1.165, 1.54) is 7.11 Å². The van der Waals surface area contributed by atoms with E-state index in [0.717, 1.165) is 47.9 Å². The summed E-state index contributed by atoms with van der Waals surface area (Å²) in [5.74, 6) is 2.59. The third-order valence-corrected chi connectivity index (χ3v) is 6.60. The lowest BCUT2D eigenvalue weighted by atomic mass is 9.94. The molecule has 2 N–H and O–H groups in total. The van der Waals surface area contributed by atoms with Crippen LogP contribution in [0, 0.1) is 0 Å². The van der Waals surface area contributed by atoms with Gasteiger partial charge in [0, 0.05) is 16.7 Å². The average Bonchev–Trinajstić information content (AvgIpc) is 2.90. The van der Waals surface area contributed by atoms with Crippen LogP contribution in [0.3, 0.4) is 0 Å². The van der Waals surface area contributed by atoms with Crippen molar-refractivity contribution in [2.45, 2.75) is 51.7 Å². The summed E-state index contributed by atoms with van der Waals surface area (Å²) in [6.45, 7) is 3.95.